The van der Waals surface area contributed by atoms with Crippen LogP contribution in [0.15, 0.2) is 47.1 Å². The third kappa shape index (κ3) is 4.38. The van der Waals surface area contributed by atoms with Crippen molar-refractivity contribution in [3.8, 4) is 5.75 Å². The molecular weight excluding hydrogens is 356 g/mol. The molecule has 0 radical (unpaired) electrons. The van der Waals surface area contributed by atoms with Gasteiger partial charge < -0.3 is 19.0 Å². The smallest absolute Gasteiger partial charge is 0.254 e. The highest BCUT2D eigenvalue weighted by atomic mass is 16.5. The summed E-state index contributed by atoms with van der Waals surface area (Å²) in [5.41, 5.74) is 0.617. The molecule has 2 aliphatic rings. The Morgan fingerprint density at radius 3 is 2.43 bits per heavy atom. The summed E-state index contributed by atoms with van der Waals surface area (Å²) >= 11 is 0. The molecule has 2 amide bonds. The van der Waals surface area contributed by atoms with Gasteiger partial charge in [0.1, 0.15) is 17.6 Å². The van der Waals surface area contributed by atoms with Crippen LogP contribution in [0.25, 0.3) is 0 Å². The molecule has 0 bridgehead atoms. The summed E-state index contributed by atoms with van der Waals surface area (Å²) in [6, 6.07) is 10.9. The number of amides is 2. The van der Waals surface area contributed by atoms with Crippen LogP contribution < -0.4 is 4.74 Å². The maximum absolute atomic E-state index is 12.5. The molecule has 1 aromatic heterocycles. The van der Waals surface area contributed by atoms with Crippen molar-refractivity contribution in [1.82, 2.24) is 9.80 Å². The molecule has 6 nitrogen and oxygen atoms in total. The number of piperidine rings is 1. The maximum atomic E-state index is 12.5. The Morgan fingerprint density at radius 2 is 1.82 bits per heavy atom. The molecule has 1 aliphatic carbocycles. The Kier molecular flexibility index (Phi) is 5.37. The zero-order valence-corrected chi connectivity index (χ0v) is 16.2. The third-order valence-electron chi connectivity index (χ3n) is 5.40. The fourth-order valence-electron chi connectivity index (χ4n) is 3.58. The van der Waals surface area contributed by atoms with Crippen LogP contribution in [0.5, 0.6) is 5.75 Å². The van der Waals surface area contributed by atoms with Gasteiger partial charge in [0, 0.05) is 44.5 Å². The van der Waals surface area contributed by atoms with Crippen molar-refractivity contribution >= 4 is 11.8 Å². The van der Waals surface area contributed by atoms with Crippen molar-refractivity contribution in [1.29, 1.82) is 0 Å². The topological polar surface area (TPSA) is 63.0 Å². The van der Waals surface area contributed by atoms with Gasteiger partial charge in [-0.1, -0.05) is 0 Å². The number of likely N-dealkylation sites (tertiary alicyclic amines) is 1. The van der Waals surface area contributed by atoms with E-state index < -0.39 is 0 Å². The third-order valence-corrected chi connectivity index (χ3v) is 5.40. The molecule has 2 heterocycles. The van der Waals surface area contributed by atoms with E-state index in [-0.39, 0.29) is 17.9 Å². The van der Waals surface area contributed by atoms with E-state index in [1.807, 2.05) is 29.2 Å². The van der Waals surface area contributed by atoms with Crippen LogP contribution >= 0.6 is 0 Å². The minimum atomic E-state index is -0.0603. The van der Waals surface area contributed by atoms with Crippen molar-refractivity contribution in [3.63, 3.8) is 0 Å². The van der Waals surface area contributed by atoms with E-state index in [1.54, 1.807) is 30.3 Å². The number of carbonyl (C=O) groups is 2. The quantitative estimate of drug-likeness (QED) is 0.769. The van der Waals surface area contributed by atoms with Crippen LogP contribution in [0.2, 0.25) is 0 Å². The molecule has 0 atom stereocenters. The number of carbonyl (C=O) groups excluding carboxylic acids is 2. The van der Waals surface area contributed by atoms with E-state index in [0.717, 1.165) is 50.3 Å². The monoisotopic (exact) mass is 382 g/mol. The Hall–Kier alpha value is -2.76. The maximum Gasteiger partial charge on any atom is 0.254 e. The molecule has 0 spiro atoms. The van der Waals surface area contributed by atoms with E-state index in [0.29, 0.717) is 18.0 Å². The average Bonchev–Trinajstić information content (AvgIpc) is 3.45. The van der Waals surface area contributed by atoms with Crippen LogP contribution in [0.3, 0.4) is 0 Å². The van der Waals surface area contributed by atoms with Crippen molar-refractivity contribution in [2.75, 3.05) is 20.1 Å². The van der Waals surface area contributed by atoms with E-state index >= 15 is 0 Å². The minimum Gasteiger partial charge on any atom is -0.490 e. The van der Waals surface area contributed by atoms with Gasteiger partial charge in [-0.15, -0.1) is 0 Å². The predicted molar refractivity (Wildman–Crippen MR) is 104 cm³/mol. The molecule has 1 saturated heterocycles. The lowest BCUT2D eigenvalue weighted by Gasteiger charge is -2.32. The molecular formula is C22H26N2O4. The first kappa shape index (κ1) is 18.6. The lowest BCUT2D eigenvalue weighted by atomic mass is 10.1. The molecule has 6 heteroatoms. The van der Waals surface area contributed by atoms with Gasteiger partial charge in [-0.05, 0) is 49.2 Å². The Morgan fingerprint density at radius 1 is 1.11 bits per heavy atom. The van der Waals surface area contributed by atoms with Crippen molar-refractivity contribution in [2.24, 2.45) is 5.92 Å². The number of benzene rings is 1. The predicted octanol–water partition coefficient (Wildman–Crippen LogP) is 3.33. The standard InChI is InChI=1S/C22H26N2O4/c1-23(15-20-3-2-14-27-20)21(25)16-6-8-18(9-7-16)28-19-10-12-24(13-11-19)22(26)17-4-5-17/h2-3,6-9,14,17,19H,4-5,10-13,15H2,1H3. The molecule has 2 aromatic rings. The van der Waals surface area contributed by atoms with Crippen LogP contribution in [0.1, 0.15) is 41.8 Å². The van der Waals surface area contributed by atoms with Crippen LogP contribution in [0, 0.1) is 5.92 Å². The number of nitrogens with zero attached hydrogens (tertiary/aromatic N) is 2. The molecule has 1 aliphatic heterocycles. The number of rotatable bonds is 6. The molecule has 148 valence electrons. The normalized spacial score (nSPS) is 17.4. The first-order valence-electron chi connectivity index (χ1n) is 9.93. The van der Waals surface area contributed by atoms with Gasteiger partial charge in [0.15, 0.2) is 0 Å². The van der Waals surface area contributed by atoms with E-state index in [9.17, 15) is 9.59 Å². The summed E-state index contributed by atoms with van der Waals surface area (Å²) in [6.07, 6.45) is 5.53. The van der Waals surface area contributed by atoms with E-state index in [2.05, 4.69) is 0 Å². The van der Waals surface area contributed by atoms with Crippen LogP contribution in [-0.2, 0) is 11.3 Å². The fraction of sp³-hybridized carbons (Fsp3) is 0.455. The Bertz CT molecular complexity index is 804. The number of ether oxygens (including phenoxy) is 1. The highest BCUT2D eigenvalue weighted by molar-refractivity contribution is 5.94. The number of hydrogen-bond acceptors (Lipinski definition) is 4. The van der Waals surface area contributed by atoms with Gasteiger partial charge in [-0.3, -0.25) is 9.59 Å². The van der Waals surface area contributed by atoms with Gasteiger partial charge in [-0.25, -0.2) is 0 Å². The summed E-state index contributed by atoms with van der Waals surface area (Å²) in [5.74, 6) is 2.06. The molecule has 4 rings (SSSR count). The SMILES string of the molecule is CN(Cc1ccco1)C(=O)c1ccc(OC2CCN(C(=O)C3CC3)CC2)cc1. The summed E-state index contributed by atoms with van der Waals surface area (Å²) < 4.78 is 11.4. The lowest BCUT2D eigenvalue weighted by Crippen LogP contribution is -2.42. The first-order chi connectivity index (χ1) is 13.6. The van der Waals surface area contributed by atoms with E-state index in [1.165, 1.54) is 0 Å². The highest BCUT2D eigenvalue weighted by Crippen LogP contribution is 2.32. The van der Waals surface area contributed by atoms with Gasteiger partial charge in [0.2, 0.25) is 5.91 Å². The lowest BCUT2D eigenvalue weighted by molar-refractivity contribution is -0.134. The molecule has 2 fully saturated rings. The summed E-state index contributed by atoms with van der Waals surface area (Å²) in [4.78, 5) is 28.3. The van der Waals surface area contributed by atoms with Crippen molar-refractivity contribution in [2.45, 2.75) is 38.3 Å². The summed E-state index contributed by atoms with van der Waals surface area (Å²) in [5, 5.41) is 0. The van der Waals surface area contributed by atoms with Gasteiger partial charge >= 0.3 is 0 Å². The van der Waals surface area contributed by atoms with Crippen molar-refractivity contribution < 1.29 is 18.7 Å². The molecule has 1 saturated carbocycles. The zero-order valence-electron chi connectivity index (χ0n) is 16.2. The first-order valence-corrected chi connectivity index (χ1v) is 9.93. The number of hydrogen-bond donors (Lipinski definition) is 0. The molecule has 1 aromatic carbocycles. The average molecular weight is 382 g/mol. The summed E-state index contributed by atoms with van der Waals surface area (Å²) in [6.45, 7) is 1.98. The highest BCUT2D eigenvalue weighted by Gasteiger charge is 2.35. The number of furan rings is 1. The summed E-state index contributed by atoms with van der Waals surface area (Å²) in [7, 11) is 1.76. The van der Waals surface area contributed by atoms with Gasteiger partial charge in [-0.2, -0.15) is 0 Å². The van der Waals surface area contributed by atoms with Crippen molar-refractivity contribution in [3.05, 3.63) is 54.0 Å². The minimum absolute atomic E-state index is 0.0603. The second-order valence-corrected chi connectivity index (χ2v) is 7.68. The largest absolute Gasteiger partial charge is 0.490 e. The van der Waals surface area contributed by atoms with Gasteiger partial charge in [0.25, 0.3) is 5.91 Å². The molecule has 28 heavy (non-hydrogen) atoms. The van der Waals surface area contributed by atoms with Gasteiger partial charge in [0.05, 0.1) is 12.8 Å². The molecule has 0 unspecified atom stereocenters. The second kappa shape index (κ2) is 8.09. The Balaban J connectivity index is 1.27. The fourth-order valence-corrected chi connectivity index (χ4v) is 3.58. The molecule has 0 N–H and O–H groups in total. The van der Waals surface area contributed by atoms with E-state index in [4.69, 9.17) is 9.15 Å². The van der Waals surface area contributed by atoms with Crippen LogP contribution in [-0.4, -0.2) is 47.9 Å². The second-order valence-electron chi connectivity index (χ2n) is 7.68. The van der Waals surface area contributed by atoms with Crippen LogP contribution in [0.4, 0.5) is 0 Å². The Labute approximate surface area is 165 Å². The zero-order chi connectivity index (χ0) is 19.5.